The molecule has 112 valence electrons. The van der Waals surface area contributed by atoms with Gasteiger partial charge in [-0.25, -0.2) is 0 Å². The van der Waals surface area contributed by atoms with E-state index in [9.17, 15) is 0 Å². The summed E-state index contributed by atoms with van der Waals surface area (Å²) < 4.78 is 5.72. The molecule has 1 aromatic carbocycles. The lowest BCUT2D eigenvalue weighted by atomic mass is 10.1. The van der Waals surface area contributed by atoms with Crippen molar-refractivity contribution in [1.82, 2.24) is 5.32 Å². The molecule has 1 N–H and O–H groups in total. The SMILES string of the molecule is CC(C)NCc1ccc(Cl)cc1N1CC(C)OCC1C. The van der Waals surface area contributed by atoms with Crippen molar-refractivity contribution in [2.75, 3.05) is 18.1 Å². The van der Waals surface area contributed by atoms with Crippen LogP contribution < -0.4 is 10.2 Å². The molecular formula is C16H25ClN2O. The zero-order valence-corrected chi connectivity index (χ0v) is 13.6. The molecule has 0 radical (unpaired) electrons. The van der Waals surface area contributed by atoms with Crippen LogP contribution in [0.1, 0.15) is 33.3 Å². The van der Waals surface area contributed by atoms with Crippen molar-refractivity contribution < 1.29 is 4.74 Å². The van der Waals surface area contributed by atoms with Crippen LogP contribution in [0.3, 0.4) is 0 Å². The summed E-state index contributed by atoms with van der Waals surface area (Å²) in [5.74, 6) is 0. The second kappa shape index (κ2) is 6.79. The van der Waals surface area contributed by atoms with Gasteiger partial charge < -0.3 is 15.0 Å². The molecule has 1 heterocycles. The Morgan fingerprint density at radius 2 is 2.15 bits per heavy atom. The largest absolute Gasteiger partial charge is 0.375 e. The zero-order chi connectivity index (χ0) is 14.7. The van der Waals surface area contributed by atoms with E-state index in [-0.39, 0.29) is 6.10 Å². The van der Waals surface area contributed by atoms with Crippen LogP contribution in [0, 0.1) is 0 Å². The first-order chi connectivity index (χ1) is 9.47. The molecule has 1 fully saturated rings. The summed E-state index contributed by atoms with van der Waals surface area (Å²) >= 11 is 6.20. The zero-order valence-electron chi connectivity index (χ0n) is 12.8. The summed E-state index contributed by atoms with van der Waals surface area (Å²) in [4.78, 5) is 2.41. The minimum atomic E-state index is 0.260. The van der Waals surface area contributed by atoms with E-state index in [1.165, 1.54) is 11.3 Å². The average Bonchev–Trinajstić information content (AvgIpc) is 2.40. The van der Waals surface area contributed by atoms with Crippen LogP contribution in [0.15, 0.2) is 18.2 Å². The average molecular weight is 297 g/mol. The first-order valence-electron chi connectivity index (χ1n) is 7.37. The Bertz CT molecular complexity index is 450. The van der Waals surface area contributed by atoms with Gasteiger partial charge in [-0.05, 0) is 31.5 Å². The van der Waals surface area contributed by atoms with Gasteiger partial charge in [0.15, 0.2) is 0 Å². The maximum atomic E-state index is 6.20. The second-order valence-electron chi connectivity index (χ2n) is 5.95. The highest BCUT2D eigenvalue weighted by Crippen LogP contribution is 2.29. The van der Waals surface area contributed by atoms with E-state index in [1.807, 2.05) is 6.07 Å². The fourth-order valence-corrected chi connectivity index (χ4v) is 2.67. The lowest BCUT2D eigenvalue weighted by molar-refractivity contribution is 0.0343. The first-order valence-corrected chi connectivity index (χ1v) is 7.75. The molecule has 2 atom stereocenters. The Balaban J connectivity index is 2.25. The molecule has 2 rings (SSSR count). The summed E-state index contributed by atoms with van der Waals surface area (Å²) in [7, 11) is 0. The number of anilines is 1. The lowest BCUT2D eigenvalue weighted by Crippen LogP contribution is -2.48. The summed E-state index contributed by atoms with van der Waals surface area (Å²) in [5, 5.41) is 4.28. The van der Waals surface area contributed by atoms with Crippen LogP contribution in [-0.2, 0) is 11.3 Å². The third-order valence-electron chi connectivity index (χ3n) is 3.67. The summed E-state index contributed by atoms with van der Waals surface area (Å²) in [6.07, 6.45) is 0.260. The fourth-order valence-electron chi connectivity index (χ4n) is 2.51. The molecule has 0 saturated carbocycles. The summed E-state index contributed by atoms with van der Waals surface area (Å²) in [6.45, 7) is 11.2. The van der Waals surface area contributed by atoms with Gasteiger partial charge in [-0.3, -0.25) is 0 Å². The van der Waals surface area contributed by atoms with Crippen LogP contribution in [0.25, 0.3) is 0 Å². The van der Waals surface area contributed by atoms with E-state index in [1.54, 1.807) is 0 Å². The van der Waals surface area contributed by atoms with Crippen LogP contribution in [0.2, 0.25) is 5.02 Å². The van der Waals surface area contributed by atoms with Crippen molar-refractivity contribution in [1.29, 1.82) is 0 Å². The van der Waals surface area contributed by atoms with Crippen LogP contribution in [0.4, 0.5) is 5.69 Å². The first kappa shape index (κ1) is 15.6. The molecule has 2 unspecified atom stereocenters. The lowest BCUT2D eigenvalue weighted by Gasteiger charge is -2.39. The number of benzene rings is 1. The molecule has 1 aliphatic rings. The Labute approximate surface area is 127 Å². The number of hydrogen-bond donors (Lipinski definition) is 1. The van der Waals surface area contributed by atoms with Gasteiger partial charge in [-0.15, -0.1) is 0 Å². The molecule has 20 heavy (non-hydrogen) atoms. The fraction of sp³-hybridized carbons (Fsp3) is 0.625. The van der Waals surface area contributed by atoms with Gasteiger partial charge in [0, 0.05) is 35.9 Å². The number of morpholine rings is 1. The van der Waals surface area contributed by atoms with Gasteiger partial charge in [0.25, 0.3) is 0 Å². The van der Waals surface area contributed by atoms with Crippen molar-refractivity contribution in [3.63, 3.8) is 0 Å². The number of halogens is 1. The van der Waals surface area contributed by atoms with Gasteiger partial charge in [-0.2, -0.15) is 0 Å². The number of ether oxygens (including phenoxy) is 1. The van der Waals surface area contributed by atoms with Gasteiger partial charge in [-0.1, -0.05) is 31.5 Å². The van der Waals surface area contributed by atoms with E-state index in [2.05, 4.69) is 50.0 Å². The molecule has 0 bridgehead atoms. The summed E-state index contributed by atoms with van der Waals surface area (Å²) in [5.41, 5.74) is 2.53. The quantitative estimate of drug-likeness (QED) is 0.921. The van der Waals surface area contributed by atoms with E-state index in [4.69, 9.17) is 16.3 Å². The van der Waals surface area contributed by atoms with Crippen molar-refractivity contribution >= 4 is 17.3 Å². The highest BCUT2D eigenvalue weighted by molar-refractivity contribution is 6.30. The number of hydrogen-bond acceptors (Lipinski definition) is 3. The van der Waals surface area contributed by atoms with E-state index < -0.39 is 0 Å². The Hall–Kier alpha value is -0.770. The summed E-state index contributed by atoms with van der Waals surface area (Å²) in [6, 6.07) is 7.02. The van der Waals surface area contributed by atoms with Gasteiger partial charge >= 0.3 is 0 Å². The predicted molar refractivity (Wildman–Crippen MR) is 85.6 cm³/mol. The van der Waals surface area contributed by atoms with Gasteiger partial charge in [0.05, 0.1) is 12.7 Å². The van der Waals surface area contributed by atoms with Crippen molar-refractivity contribution in [2.45, 2.75) is 52.4 Å². The molecule has 0 spiro atoms. The topological polar surface area (TPSA) is 24.5 Å². The molecule has 0 aliphatic carbocycles. The van der Waals surface area contributed by atoms with E-state index >= 15 is 0 Å². The normalized spacial score (nSPS) is 23.4. The minimum absolute atomic E-state index is 0.260. The Kier molecular flexibility index (Phi) is 5.30. The molecule has 4 heteroatoms. The van der Waals surface area contributed by atoms with Gasteiger partial charge in [0.2, 0.25) is 0 Å². The molecule has 0 aromatic heterocycles. The standard InChI is InChI=1S/C16H25ClN2O/c1-11(2)18-8-14-5-6-15(17)7-16(14)19-9-13(4)20-10-12(19)3/h5-7,11-13,18H,8-10H2,1-4H3. The molecule has 1 aromatic rings. The molecule has 0 amide bonds. The van der Waals surface area contributed by atoms with Crippen molar-refractivity contribution in [3.8, 4) is 0 Å². The maximum absolute atomic E-state index is 6.20. The highest BCUT2D eigenvalue weighted by Gasteiger charge is 2.25. The van der Waals surface area contributed by atoms with Gasteiger partial charge in [0.1, 0.15) is 0 Å². The van der Waals surface area contributed by atoms with Crippen LogP contribution in [-0.4, -0.2) is 31.3 Å². The molecule has 1 saturated heterocycles. The Morgan fingerprint density at radius 3 is 2.85 bits per heavy atom. The van der Waals surface area contributed by atoms with Crippen molar-refractivity contribution in [3.05, 3.63) is 28.8 Å². The number of nitrogens with one attached hydrogen (secondary N) is 1. The van der Waals surface area contributed by atoms with Crippen LogP contribution >= 0.6 is 11.6 Å². The second-order valence-corrected chi connectivity index (χ2v) is 6.39. The molecule has 3 nitrogen and oxygen atoms in total. The highest BCUT2D eigenvalue weighted by atomic mass is 35.5. The number of nitrogens with zero attached hydrogens (tertiary/aromatic N) is 1. The third-order valence-corrected chi connectivity index (χ3v) is 3.90. The van der Waals surface area contributed by atoms with Crippen LogP contribution in [0.5, 0.6) is 0 Å². The maximum Gasteiger partial charge on any atom is 0.0723 e. The smallest absolute Gasteiger partial charge is 0.0723 e. The minimum Gasteiger partial charge on any atom is -0.375 e. The predicted octanol–water partition coefficient (Wildman–Crippen LogP) is 3.45. The number of rotatable bonds is 4. The molecular weight excluding hydrogens is 272 g/mol. The third kappa shape index (κ3) is 3.87. The van der Waals surface area contributed by atoms with E-state index in [0.717, 1.165) is 24.7 Å². The molecule has 1 aliphatic heterocycles. The van der Waals surface area contributed by atoms with Crippen molar-refractivity contribution in [2.24, 2.45) is 0 Å². The van der Waals surface area contributed by atoms with E-state index in [0.29, 0.717) is 12.1 Å². The monoisotopic (exact) mass is 296 g/mol. The Morgan fingerprint density at radius 1 is 1.40 bits per heavy atom.